The molecule has 23 heavy (non-hydrogen) atoms. The van der Waals surface area contributed by atoms with Crippen LogP contribution in [0, 0.1) is 0 Å². The lowest BCUT2D eigenvalue weighted by Gasteiger charge is -2.39. The van der Waals surface area contributed by atoms with Crippen LogP contribution < -0.4 is 0 Å². The maximum Gasteiger partial charge on any atom is 0.237 e. The Morgan fingerprint density at radius 3 is 2.70 bits per heavy atom. The quantitative estimate of drug-likeness (QED) is 0.877. The average Bonchev–Trinajstić information content (AvgIpc) is 2.61. The average molecular weight is 318 g/mol. The van der Waals surface area contributed by atoms with Gasteiger partial charge in [0.05, 0.1) is 18.7 Å². The van der Waals surface area contributed by atoms with Crippen molar-refractivity contribution in [3.05, 3.63) is 35.9 Å². The van der Waals surface area contributed by atoms with Crippen molar-refractivity contribution in [3.63, 3.8) is 0 Å². The minimum Gasteiger partial charge on any atom is -0.392 e. The first-order valence-corrected chi connectivity index (χ1v) is 8.77. The Morgan fingerprint density at radius 1 is 1.35 bits per heavy atom. The Kier molecular flexibility index (Phi) is 6.60. The zero-order valence-corrected chi connectivity index (χ0v) is 14.6. The third-order valence-electron chi connectivity index (χ3n) is 5.12. The molecular formula is C19H30N2O2. The Hall–Kier alpha value is -1.39. The first-order valence-electron chi connectivity index (χ1n) is 8.77. The van der Waals surface area contributed by atoms with E-state index in [1.54, 1.807) is 0 Å². The molecule has 1 aliphatic rings. The monoisotopic (exact) mass is 318 g/mol. The van der Waals surface area contributed by atoms with Gasteiger partial charge in [-0.25, -0.2) is 0 Å². The van der Waals surface area contributed by atoms with Gasteiger partial charge in [0.1, 0.15) is 0 Å². The minimum atomic E-state index is -0.333. The van der Waals surface area contributed by atoms with Gasteiger partial charge in [-0.05, 0) is 38.3 Å². The summed E-state index contributed by atoms with van der Waals surface area (Å²) in [5.74, 6) is 0.122. The molecule has 0 saturated carbocycles. The van der Waals surface area contributed by atoms with E-state index in [1.165, 1.54) is 0 Å². The highest BCUT2D eigenvalue weighted by atomic mass is 16.3. The number of hydrogen-bond donors (Lipinski definition) is 1. The molecule has 4 nitrogen and oxygen atoms in total. The molecule has 0 aliphatic carbocycles. The van der Waals surface area contributed by atoms with E-state index >= 15 is 0 Å². The first kappa shape index (κ1) is 18.0. The summed E-state index contributed by atoms with van der Waals surface area (Å²) < 4.78 is 0. The van der Waals surface area contributed by atoms with E-state index in [-0.39, 0.29) is 24.1 Å². The number of benzene rings is 1. The summed E-state index contributed by atoms with van der Waals surface area (Å²) in [4.78, 5) is 16.7. The summed E-state index contributed by atoms with van der Waals surface area (Å²) >= 11 is 0. The van der Waals surface area contributed by atoms with Crippen LogP contribution in [0.15, 0.2) is 30.3 Å². The van der Waals surface area contributed by atoms with Crippen LogP contribution >= 0.6 is 0 Å². The van der Waals surface area contributed by atoms with E-state index in [1.807, 2.05) is 37.1 Å². The molecule has 0 radical (unpaired) electrons. The molecular weight excluding hydrogens is 288 g/mol. The fourth-order valence-electron chi connectivity index (χ4n) is 3.38. The molecule has 128 valence electrons. The highest BCUT2D eigenvalue weighted by molar-refractivity contribution is 5.78. The van der Waals surface area contributed by atoms with Crippen LogP contribution in [0.3, 0.4) is 0 Å². The van der Waals surface area contributed by atoms with E-state index in [9.17, 15) is 9.90 Å². The van der Waals surface area contributed by atoms with Crippen molar-refractivity contribution >= 4 is 5.91 Å². The summed E-state index contributed by atoms with van der Waals surface area (Å²) in [5.41, 5.74) is 1.15. The molecule has 0 spiro atoms. The first-order chi connectivity index (χ1) is 11.0. The third kappa shape index (κ3) is 4.55. The normalized spacial score (nSPS) is 21.7. The highest BCUT2D eigenvalue weighted by Gasteiger charge is 2.30. The molecule has 1 saturated heterocycles. The Bertz CT molecular complexity index is 491. The smallest absolute Gasteiger partial charge is 0.237 e. The topological polar surface area (TPSA) is 43.8 Å². The minimum absolute atomic E-state index is 0.0584. The summed E-state index contributed by atoms with van der Waals surface area (Å²) in [6, 6.07) is 10.3. The van der Waals surface area contributed by atoms with Gasteiger partial charge in [-0.3, -0.25) is 9.69 Å². The molecule has 2 rings (SSSR count). The number of aliphatic hydroxyl groups excluding tert-OH is 1. The number of amides is 1. The van der Waals surface area contributed by atoms with Crippen LogP contribution in [-0.4, -0.2) is 53.1 Å². The SMILES string of the molecule is CCC(O)C1CCCCN1CC(=O)N(C)C(C)c1ccccc1. The molecule has 1 N–H and O–H groups in total. The van der Waals surface area contributed by atoms with Crippen molar-refractivity contribution in [2.45, 2.75) is 57.7 Å². The molecule has 0 bridgehead atoms. The molecule has 1 fully saturated rings. The standard InChI is InChI=1S/C19H30N2O2/c1-4-18(22)17-12-8-9-13-21(17)14-19(23)20(3)15(2)16-10-6-5-7-11-16/h5-7,10-11,15,17-18,22H,4,8-9,12-14H2,1-3H3. The summed E-state index contributed by atoms with van der Waals surface area (Å²) in [6.07, 6.45) is 3.65. The third-order valence-corrected chi connectivity index (χ3v) is 5.12. The van der Waals surface area contributed by atoms with Crippen molar-refractivity contribution in [2.75, 3.05) is 20.1 Å². The van der Waals surface area contributed by atoms with E-state index < -0.39 is 0 Å². The van der Waals surface area contributed by atoms with Crippen LogP contribution in [0.4, 0.5) is 0 Å². The van der Waals surface area contributed by atoms with Gasteiger partial charge < -0.3 is 10.0 Å². The number of rotatable bonds is 6. The summed E-state index contributed by atoms with van der Waals surface area (Å²) in [6.45, 7) is 5.36. The number of carbonyl (C=O) groups excluding carboxylic acids is 1. The van der Waals surface area contributed by atoms with Gasteiger partial charge in [0.25, 0.3) is 0 Å². The Morgan fingerprint density at radius 2 is 2.04 bits per heavy atom. The second-order valence-corrected chi connectivity index (χ2v) is 6.60. The van der Waals surface area contributed by atoms with Gasteiger partial charge >= 0.3 is 0 Å². The molecule has 1 amide bonds. The van der Waals surface area contributed by atoms with Crippen LogP contribution in [-0.2, 0) is 4.79 Å². The van der Waals surface area contributed by atoms with Crippen LogP contribution in [0.1, 0.15) is 51.1 Å². The molecule has 1 aliphatic heterocycles. The Labute approximate surface area is 140 Å². The lowest BCUT2D eigenvalue weighted by molar-refractivity contribution is -0.134. The number of aliphatic hydroxyl groups is 1. The molecule has 0 aromatic heterocycles. The highest BCUT2D eigenvalue weighted by Crippen LogP contribution is 2.23. The van der Waals surface area contributed by atoms with E-state index in [0.29, 0.717) is 6.54 Å². The summed E-state index contributed by atoms with van der Waals surface area (Å²) in [7, 11) is 1.87. The molecule has 1 heterocycles. The maximum atomic E-state index is 12.7. The van der Waals surface area contributed by atoms with Crippen molar-refractivity contribution in [2.24, 2.45) is 0 Å². The number of likely N-dealkylation sites (N-methyl/N-ethyl adjacent to an activating group) is 1. The van der Waals surface area contributed by atoms with E-state index in [0.717, 1.165) is 37.8 Å². The number of hydrogen-bond acceptors (Lipinski definition) is 3. The maximum absolute atomic E-state index is 12.7. The van der Waals surface area contributed by atoms with E-state index in [4.69, 9.17) is 0 Å². The molecule has 1 aromatic rings. The van der Waals surface area contributed by atoms with Gasteiger partial charge in [-0.2, -0.15) is 0 Å². The number of likely N-dealkylation sites (tertiary alicyclic amines) is 1. The van der Waals surface area contributed by atoms with E-state index in [2.05, 4.69) is 24.0 Å². The van der Waals surface area contributed by atoms with Gasteiger partial charge in [-0.15, -0.1) is 0 Å². The molecule has 4 heteroatoms. The second kappa shape index (κ2) is 8.46. The molecule has 3 unspecified atom stereocenters. The number of nitrogens with zero attached hydrogens (tertiary/aromatic N) is 2. The lowest BCUT2D eigenvalue weighted by atomic mass is 9.96. The lowest BCUT2D eigenvalue weighted by Crippen LogP contribution is -2.50. The van der Waals surface area contributed by atoms with Gasteiger partial charge in [0, 0.05) is 13.1 Å². The van der Waals surface area contributed by atoms with Crippen LogP contribution in [0.5, 0.6) is 0 Å². The predicted molar refractivity (Wildman–Crippen MR) is 93.1 cm³/mol. The summed E-state index contributed by atoms with van der Waals surface area (Å²) in [5, 5.41) is 10.2. The van der Waals surface area contributed by atoms with Crippen molar-refractivity contribution in [1.82, 2.24) is 9.80 Å². The number of carbonyl (C=O) groups is 1. The van der Waals surface area contributed by atoms with Gasteiger partial charge in [0.15, 0.2) is 0 Å². The largest absolute Gasteiger partial charge is 0.392 e. The predicted octanol–water partition coefficient (Wildman–Crippen LogP) is 2.83. The van der Waals surface area contributed by atoms with Crippen molar-refractivity contribution in [3.8, 4) is 0 Å². The van der Waals surface area contributed by atoms with Crippen LogP contribution in [0.25, 0.3) is 0 Å². The van der Waals surface area contributed by atoms with Gasteiger partial charge in [0.2, 0.25) is 5.91 Å². The molecule has 1 aromatic carbocycles. The fourth-order valence-corrected chi connectivity index (χ4v) is 3.38. The number of piperidine rings is 1. The van der Waals surface area contributed by atoms with Crippen LogP contribution in [0.2, 0.25) is 0 Å². The second-order valence-electron chi connectivity index (χ2n) is 6.60. The van der Waals surface area contributed by atoms with Crippen molar-refractivity contribution < 1.29 is 9.90 Å². The zero-order valence-electron chi connectivity index (χ0n) is 14.6. The van der Waals surface area contributed by atoms with Gasteiger partial charge in [-0.1, -0.05) is 43.7 Å². The molecule has 3 atom stereocenters. The fraction of sp³-hybridized carbons (Fsp3) is 0.632. The van der Waals surface area contributed by atoms with Crippen molar-refractivity contribution in [1.29, 1.82) is 0 Å². The zero-order chi connectivity index (χ0) is 16.8. The Balaban J connectivity index is 1.99.